The quantitative estimate of drug-likeness (QED) is 0.0651. The van der Waals surface area contributed by atoms with E-state index in [0.29, 0.717) is 25.7 Å². The summed E-state index contributed by atoms with van der Waals surface area (Å²) in [5.41, 5.74) is -2.92. The molecule has 9 aliphatic rings. The zero-order valence-corrected chi connectivity index (χ0v) is 46.3. The number of carboxylic acids is 1. The highest BCUT2D eigenvalue weighted by Gasteiger charge is 2.71. The molecule has 0 aromatic heterocycles. The molecule has 0 aromatic carbocycles. The molecular weight excluding hydrogens is 1040 g/mol. The van der Waals surface area contributed by atoms with Crippen LogP contribution in [0.25, 0.3) is 0 Å². The van der Waals surface area contributed by atoms with E-state index < -0.39 is 175 Å². The Morgan fingerprint density at radius 2 is 1.28 bits per heavy atom. The Kier molecular flexibility index (Phi) is 17.1. The second-order valence-corrected chi connectivity index (χ2v) is 26.1. The molecule has 4 heterocycles. The molecule has 0 unspecified atom stereocenters. The minimum Gasteiger partial charge on any atom is -0.481 e. The van der Waals surface area contributed by atoms with Crippen molar-refractivity contribution in [3.05, 3.63) is 11.6 Å². The number of fused-ring (bicyclic) bond motifs is 7. The van der Waals surface area contributed by atoms with Crippen LogP contribution in [0.15, 0.2) is 11.6 Å². The van der Waals surface area contributed by atoms with Gasteiger partial charge >= 0.3 is 17.9 Å². The smallest absolute Gasteiger partial charge is 0.315 e. The summed E-state index contributed by atoms with van der Waals surface area (Å²) in [5, 5.41) is 130. The Bertz CT molecular complexity index is 2270. The van der Waals surface area contributed by atoms with Gasteiger partial charge in [0.05, 0.1) is 42.9 Å². The molecule has 0 bridgehead atoms. The fourth-order valence-corrected chi connectivity index (χ4v) is 16.4. The first-order valence-corrected chi connectivity index (χ1v) is 28.1. The molecule has 0 amide bonds. The maximum atomic E-state index is 15.2. The summed E-state index contributed by atoms with van der Waals surface area (Å²) >= 11 is 0. The number of hydrogen-bond acceptors (Lipinski definition) is 23. The molecule has 0 aromatic rings. The first-order chi connectivity index (χ1) is 36.9. The van der Waals surface area contributed by atoms with Gasteiger partial charge in [0.15, 0.2) is 25.0 Å². The Balaban J connectivity index is 0.904. The summed E-state index contributed by atoms with van der Waals surface area (Å²) in [6.07, 6.45) is -23.3. The van der Waals surface area contributed by atoms with Crippen molar-refractivity contribution in [1.29, 1.82) is 0 Å². The minimum absolute atomic E-state index is 0.123. The maximum absolute atomic E-state index is 15.2. The average Bonchev–Trinajstić information content (AvgIpc) is 3.59. The van der Waals surface area contributed by atoms with Crippen molar-refractivity contribution in [2.45, 2.75) is 242 Å². The van der Waals surface area contributed by atoms with Crippen LogP contribution >= 0.6 is 0 Å². The van der Waals surface area contributed by atoms with Crippen LogP contribution in [0.3, 0.4) is 0 Å². The van der Waals surface area contributed by atoms with Crippen LogP contribution in [0.1, 0.15) is 120 Å². The number of aliphatic carboxylic acids is 1. The van der Waals surface area contributed by atoms with Crippen LogP contribution in [0.2, 0.25) is 0 Å². The van der Waals surface area contributed by atoms with Gasteiger partial charge in [-0.15, -0.1) is 0 Å². The highest BCUT2D eigenvalue weighted by Crippen LogP contribution is 2.76. The lowest BCUT2D eigenvalue weighted by molar-refractivity contribution is -0.361. The van der Waals surface area contributed by atoms with Crippen molar-refractivity contribution < 1.29 is 118 Å². The summed E-state index contributed by atoms with van der Waals surface area (Å²) in [6, 6.07) is 0. The molecule has 4 saturated carbocycles. The largest absolute Gasteiger partial charge is 0.481 e. The van der Waals surface area contributed by atoms with Crippen LogP contribution < -0.4 is 0 Å². The SMILES string of the molecule is CC(=O)O[C@H]1CO[C@H](O[C@@H]2CC[C@]3(C)[C@H](CC[C@]4(C)[C@H]3CC=C3[C@@H]5C[C@](C)(C(=O)O)CC[C@]5(C(=O)O[C@H]5O[C@@H](CO[C@H]6O[C@@H](CO)[C@H](O[C@H]7O[C@@H](C)[C@H](O)[C@@H](O)[C@@H]7O)[C@@H](O)[C@@H]6O)[C@H](O)[C@@H](O)[C@@H]5O)CC[C@@]34C)C2(C)C)[C@@H](O)[C@@H]1O. The highest BCUT2D eigenvalue weighted by atomic mass is 16.8. The molecule has 24 nitrogen and oxygen atoms in total. The van der Waals surface area contributed by atoms with E-state index in [0.717, 1.165) is 24.8 Å². The van der Waals surface area contributed by atoms with Crippen molar-refractivity contribution in [1.82, 2.24) is 0 Å². The molecule has 4 aliphatic heterocycles. The van der Waals surface area contributed by atoms with Gasteiger partial charge in [-0.2, -0.15) is 0 Å². The molecule has 450 valence electrons. The number of hydrogen-bond donors (Lipinski definition) is 12. The number of ether oxygens (including phenoxy) is 9. The molecule has 24 heteroatoms. The van der Waals surface area contributed by atoms with Crippen LogP contribution in [0, 0.1) is 50.2 Å². The van der Waals surface area contributed by atoms with Crippen LogP contribution in [0.4, 0.5) is 0 Å². The molecule has 0 spiro atoms. The molecule has 4 saturated heterocycles. The normalized spacial score (nSPS) is 52.5. The van der Waals surface area contributed by atoms with Crippen molar-refractivity contribution in [2.24, 2.45) is 50.2 Å². The monoisotopic (exact) mass is 1130 g/mol. The predicted molar refractivity (Wildman–Crippen MR) is 267 cm³/mol. The van der Waals surface area contributed by atoms with E-state index in [2.05, 4.69) is 40.7 Å². The fourth-order valence-electron chi connectivity index (χ4n) is 16.4. The first-order valence-electron chi connectivity index (χ1n) is 28.1. The molecule has 12 N–H and O–H groups in total. The number of carbonyl (C=O) groups is 3. The van der Waals surface area contributed by atoms with Gasteiger partial charge in [0.25, 0.3) is 0 Å². The van der Waals surface area contributed by atoms with Gasteiger partial charge in [-0.25, -0.2) is 0 Å². The Hall–Kier alpha value is -2.57. The number of rotatable bonds is 12. The van der Waals surface area contributed by atoms with Crippen molar-refractivity contribution in [2.75, 3.05) is 19.8 Å². The van der Waals surface area contributed by atoms with Crippen LogP contribution in [0.5, 0.6) is 0 Å². The number of allylic oxidation sites excluding steroid dienone is 2. The molecular formula is C55H86O24. The summed E-state index contributed by atoms with van der Waals surface area (Å²) < 4.78 is 52.2. The summed E-state index contributed by atoms with van der Waals surface area (Å²) in [4.78, 5) is 39.9. The Morgan fingerprint density at radius 3 is 1.95 bits per heavy atom. The Morgan fingerprint density at radius 1 is 0.646 bits per heavy atom. The number of esters is 2. The number of carbonyl (C=O) groups excluding carboxylic acids is 2. The van der Waals surface area contributed by atoms with Gasteiger partial charge in [-0.05, 0) is 117 Å². The number of aliphatic hydroxyl groups is 11. The third-order valence-electron chi connectivity index (χ3n) is 21.6. The third kappa shape index (κ3) is 10.1. The van der Waals surface area contributed by atoms with E-state index in [-0.39, 0.29) is 54.6 Å². The summed E-state index contributed by atoms with van der Waals surface area (Å²) in [7, 11) is 0. The fraction of sp³-hybridized carbons (Fsp3) is 0.909. The number of carboxylic acid groups (broad SMARTS) is 1. The van der Waals surface area contributed by atoms with Crippen LogP contribution in [-0.4, -0.2) is 222 Å². The van der Waals surface area contributed by atoms with E-state index in [1.54, 1.807) is 6.92 Å². The predicted octanol–water partition coefficient (Wildman–Crippen LogP) is -0.733. The highest BCUT2D eigenvalue weighted by molar-refractivity contribution is 5.81. The second-order valence-electron chi connectivity index (χ2n) is 26.1. The standard InChI is InChI=1S/C55H86O24/c1-23-33(58)36(61)40(65)46(73-23)78-43-27(20-56)75-44(42(67)38(43)63)71-22-29-34(59)37(62)41(66)47(76-29)79-49(70)55-17-15-51(5,48(68)69)19-26(55)25-9-10-31-52(6)13-12-32(77-45-39(64)35(60)28(21-72-45)74-24(2)57)50(3,4)30(52)11-14-54(31,8)53(25,7)16-18-55/h9,23,26-47,56,58-67H,10-22H2,1-8H3,(H,68,69)/t23-,26-,27-,28-,29-,30+,31-,32+,33-,34-,35+,36+,37+,38-,39-,40-,41-,42-,43-,44-,45+,46+,47+,51+,52+,53-,54+,55-/m0/s1. The van der Waals surface area contributed by atoms with E-state index in [9.17, 15) is 70.9 Å². The first kappa shape index (κ1) is 61.0. The molecule has 5 aliphatic carbocycles. The summed E-state index contributed by atoms with van der Waals surface area (Å²) in [5.74, 6) is -2.65. The average molecular weight is 1130 g/mol. The van der Waals surface area contributed by atoms with Crippen molar-refractivity contribution in [3.63, 3.8) is 0 Å². The van der Waals surface area contributed by atoms with E-state index in [1.807, 2.05) is 0 Å². The topological polar surface area (TPSA) is 377 Å². The van der Waals surface area contributed by atoms with E-state index in [1.165, 1.54) is 13.8 Å². The molecule has 8 fully saturated rings. The zero-order chi connectivity index (χ0) is 57.9. The van der Waals surface area contributed by atoms with Gasteiger partial charge in [0, 0.05) is 6.92 Å². The molecule has 79 heavy (non-hydrogen) atoms. The second kappa shape index (κ2) is 22.1. The molecule has 0 radical (unpaired) electrons. The molecule has 9 rings (SSSR count). The van der Waals surface area contributed by atoms with Gasteiger partial charge in [-0.3, -0.25) is 14.4 Å². The lowest BCUT2D eigenvalue weighted by Gasteiger charge is -2.71. The van der Waals surface area contributed by atoms with Gasteiger partial charge in [-0.1, -0.05) is 46.3 Å². The van der Waals surface area contributed by atoms with E-state index >= 15 is 4.79 Å². The third-order valence-corrected chi connectivity index (χ3v) is 21.6. The summed E-state index contributed by atoms with van der Waals surface area (Å²) in [6.45, 7) is 14.0. The molecule has 28 atom stereocenters. The van der Waals surface area contributed by atoms with Gasteiger partial charge in [0.2, 0.25) is 6.29 Å². The van der Waals surface area contributed by atoms with E-state index in [4.69, 9.17) is 42.6 Å². The lowest BCUT2D eigenvalue weighted by atomic mass is 9.33. The maximum Gasteiger partial charge on any atom is 0.315 e. The van der Waals surface area contributed by atoms with Gasteiger partial charge < -0.3 is 104 Å². The lowest BCUT2D eigenvalue weighted by Crippen LogP contribution is -2.66. The van der Waals surface area contributed by atoms with Crippen molar-refractivity contribution >= 4 is 17.9 Å². The minimum atomic E-state index is -1.96. The van der Waals surface area contributed by atoms with Crippen LogP contribution in [-0.2, 0) is 57.0 Å². The Labute approximate surface area is 459 Å². The number of aliphatic hydroxyl groups excluding tert-OH is 11. The van der Waals surface area contributed by atoms with Gasteiger partial charge in [0.1, 0.15) is 79.4 Å². The zero-order valence-electron chi connectivity index (χ0n) is 46.3. The van der Waals surface area contributed by atoms with Crippen molar-refractivity contribution in [3.8, 4) is 0 Å².